The van der Waals surface area contributed by atoms with Crippen LogP contribution in [0.5, 0.6) is 11.5 Å². The highest BCUT2D eigenvalue weighted by molar-refractivity contribution is 6.30. The number of pyridine rings is 1. The fourth-order valence-electron chi connectivity index (χ4n) is 3.85. The quantitative estimate of drug-likeness (QED) is 0.210. The Bertz CT molecular complexity index is 1490. The predicted octanol–water partition coefficient (Wildman–Crippen LogP) is 4.64. The number of hydrogen-bond acceptors (Lipinski definition) is 6. The molecule has 0 fully saturated rings. The van der Waals surface area contributed by atoms with Gasteiger partial charge < -0.3 is 26.2 Å². The van der Waals surface area contributed by atoms with Crippen LogP contribution < -0.4 is 21.1 Å². The van der Waals surface area contributed by atoms with E-state index < -0.39 is 5.97 Å². The molecule has 4 rings (SSSR count). The maximum absolute atomic E-state index is 12.6. The number of aromatic nitrogens is 1. The van der Waals surface area contributed by atoms with Crippen LogP contribution in [-0.2, 0) is 24.2 Å². The second kappa shape index (κ2) is 13.3. The molecule has 5 N–H and O–H groups in total. The third-order valence-corrected chi connectivity index (χ3v) is 6.18. The zero-order valence-electron chi connectivity index (χ0n) is 21.4. The van der Waals surface area contributed by atoms with Gasteiger partial charge in [0.05, 0.1) is 12.0 Å². The lowest BCUT2D eigenvalue weighted by Gasteiger charge is -2.14. The van der Waals surface area contributed by atoms with Crippen LogP contribution in [0.25, 0.3) is 0 Å². The van der Waals surface area contributed by atoms with Crippen molar-refractivity contribution < 1.29 is 24.2 Å². The number of halogens is 1. The zero-order valence-corrected chi connectivity index (χ0v) is 22.1. The molecule has 10 heteroatoms. The van der Waals surface area contributed by atoms with E-state index in [0.717, 1.165) is 5.56 Å². The van der Waals surface area contributed by atoms with Gasteiger partial charge in [0, 0.05) is 35.4 Å². The predicted molar refractivity (Wildman–Crippen MR) is 152 cm³/mol. The second-order valence-corrected chi connectivity index (χ2v) is 9.36. The van der Waals surface area contributed by atoms with Crippen molar-refractivity contribution in [1.82, 2.24) is 15.6 Å². The highest BCUT2D eigenvalue weighted by atomic mass is 35.5. The Kier molecular flexibility index (Phi) is 9.32. The van der Waals surface area contributed by atoms with E-state index >= 15 is 0 Å². The fraction of sp³-hybridized carbons (Fsp3) is 0.133. The van der Waals surface area contributed by atoms with Crippen LogP contribution in [0.4, 0.5) is 5.82 Å². The van der Waals surface area contributed by atoms with Gasteiger partial charge >= 0.3 is 5.97 Å². The molecule has 4 aromatic rings. The summed E-state index contributed by atoms with van der Waals surface area (Å²) in [5, 5.41) is 15.5. The van der Waals surface area contributed by atoms with Crippen molar-refractivity contribution in [2.24, 2.45) is 0 Å². The molecule has 0 unspecified atom stereocenters. The average molecular weight is 559 g/mol. The number of ether oxygens (including phenoxy) is 1. The molecule has 0 spiro atoms. The lowest BCUT2D eigenvalue weighted by atomic mass is 10.1. The Morgan fingerprint density at radius 1 is 0.850 bits per heavy atom. The number of rotatable bonds is 11. The maximum Gasteiger partial charge on any atom is 0.307 e. The third kappa shape index (κ3) is 8.05. The maximum atomic E-state index is 12.6. The smallest absolute Gasteiger partial charge is 0.307 e. The number of nitrogens with zero attached hydrogens (tertiary/aromatic N) is 1. The van der Waals surface area contributed by atoms with Crippen LogP contribution in [0.3, 0.4) is 0 Å². The first-order valence-corrected chi connectivity index (χ1v) is 12.8. The van der Waals surface area contributed by atoms with Gasteiger partial charge in [0.1, 0.15) is 17.3 Å². The molecule has 2 amide bonds. The van der Waals surface area contributed by atoms with E-state index in [4.69, 9.17) is 22.1 Å². The number of benzene rings is 3. The molecule has 1 heterocycles. The Hall–Kier alpha value is -4.89. The number of nitrogen functional groups attached to an aromatic ring is 1. The Morgan fingerprint density at radius 3 is 2.20 bits per heavy atom. The Labute approximate surface area is 236 Å². The van der Waals surface area contributed by atoms with Gasteiger partial charge in [-0.3, -0.25) is 14.4 Å². The van der Waals surface area contributed by atoms with E-state index in [1.807, 2.05) is 24.3 Å². The average Bonchev–Trinajstić information content (AvgIpc) is 2.94. The number of carbonyl (C=O) groups excluding carboxylic acids is 2. The van der Waals surface area contributed by atoms with E-state index in [0.29, 0.717) is 57.6 Å². The van der Waals surface area contributed by atoms with Crippen molar-refractivity contribution in [2.45, 2.75) is 19.4 Å². The molecule has 0 saturated carbocycles. The van der Waals surface area contributed by atoms with Crippen LogP contribution in [0.2, 0.25) is 5.02 Å². The normalized spacial score (nSPS) is 10.5. The Balaban J connectivity index is 1.40. The van der Waals surface area contributed by atoms with E-state index in [2.05, 4.69) is 15.6 Å². The summed E-state index contributed by atoms with van der Waals surface area (Å²) in [5.41, 5.74) is 8.60. The van der Waals surface area contributed by atoms with E-state index in [9.17, 15) is 19.5 Å². The van der Waals surface area contributed by atoms with Gasteiger partial charge in [0.2, 0.25) is 0 Å². The van der Waals surface area contributed by atoms with Gasteiger partial charge in [0.25, 0.3) is 11.8 Å². The van der Waals surface area contributed by atoms with Crippen LogP contribution in [0, 0.1) is 0 Å². The van der Waals surface area contributed by atoms with Crippen LogP contribution in [0.15, 0.2) is 85.1 Å². The lowest BCUT2D eigenvalue weighted by Crippen LogP contribution is -2.25. The topological polar surface area (TPSA) is 144 Å². The van der Waals surface area contributed by atoms with Gasteiger partial charge in [-0.1, -0.05) is 29.8 Å². The third-order valence-electron chi connectivity index (χ3n) is 5.92. The highest BCUT2D eigenvalue weighted by Crippen LogP contribution is 2.27. The molecule has 40 heavy (non-hydrogen) atoms. The first-order valence-electron chi connectivity index (χ1n) is 12.4. The van der Waals surface area contributed by atoms with Crippen molar-refractivity contribution >= 4 is 35.2 Å². The first kappa shape index (κ1) is 28.1. The molecule has 1 aromatic heterocycles. The molecule has 9 nitrogen and oxygen atoms in total. The summed E-state index contributed by atoms with van der Waals surface area (Å²) >= 11 is 5.91. The zero-order chi connectivity index (χ0) is 28.5. The van der Waals surface area contributed by atoms with E-state index in [1.54, 1.807) is 48.5 Å². The number of anilines is 1. The van der Waals surface area contributed by atoms with Crippen LogP contribution in [-0.4, -0.2) is 34.4 Å². The number of aliphatic carboxylic acids is 1. The summed E-state index contributed by atoms with van der Waals surface area (Å²) in [5.74, 6) is -0.342. The van der Waals surface area contributed by atoms with Crippen LogP contribution >= 0.6 is 11.6 Å². The van der Waals surface area contributed by atoms with Crippen LogP contribution in [0.1, 0.15) is 37.4 Å². The number of carbonyl (C=O) groups is 3. The molecule has 0 aliphatic heterocycles. The minimum Gasteiger partial charge on any atom is -0.481 e. The van der Waals surface area contributed by atoms with E-state index in [-0.39, 0.29) is 24.8 Å². The van der Waals surface area contributed by atoms with Crippen molar-refractivity contribution in [3.8, 4) is 11.5 Å². The standard InChI is InChI=1S/C30H27ClN4O5/c31-24-7-1-19(2-8-24)13-14-33-29(38)21-4-9-25(10-5-21)40-26-11-3-20(16-28(36)37)15-23(26)18-35-30(39)22-6-12-27(32)34-17-22/h1-12,15,17H,13-14,16,18H2,(H2,32,34)(H,33,38)(H,35,39)(H,36,37). The number of carboxylic acids is 1. The van der Waals surface area contributed by atoms with Gasteiger partial charge in [0.15, 0.2) is 0 Å². The summed E-state index contributed by atoms with van der Waals surface area (Å²) in [4.78, 5) is 40.3. The summed E-state index contributed by atoms with van der Waals surface area (Å²) in [6.45, 7) is 0.559. The lowest BCUT2D eigenvalue weighted by molar-refractivity contribution is -0.136. The summed E-state index contributed by atoms with van der Waals surface area (Å²) in [7, 11) is 0. The number of amides is 2. The Morgan fingerprint density at radius 2 is 1.52 bits per heavy atom. The minimum atomic E-state index is -0.973. The number of nitrogens with two attached hydrogens (primary N) is 1. The van der Waals surface area contributed by atoms with Crippen molar-refractivity contribution in [3.05, 3.63) is 118 Å². The summed E-state index contributed by atoms with van der Waals surface area (Å²) < 4.78 is 6.04. The SMILES string of the molecule is Nc1ccc(C(=O)NCc2cc(CC(=O)O)ccc2Oc2ccc(C(=O)NCCc3ccc(Cl)cc3)cc2)cn1. The van der Waals surface area contributed by atoms with Gasteiger partial charge in [-0.25, -0.2) is 4.98 Å². The van der Waals surface area contributed by atoms with Gasteiger partial charge in [-0.05, 0) is 78.2 Å². The van der Waals surface area contributed by atoms with E-state index in [1.165, 1.54) is 12.3 Å². The molecule has 0 aliphatic rings. The number of carboxylic acid groups (broad SMARTS) is 1. The molecule has 3 aromatic carbocycles. The molecule has 204 valence electrons. The monoisotopic (exact) mass is 558 g/mol. The van der Waals surface area contributed by atoms with Gasteiger partial charge in [-0.15, -0.1) is 0 Å². The number of hydrogen-bond donors (Lipinski definition) is 4. The second-order valence-electron chi connectivity index (χ2n) is 8.93. The molecular weight excluding hydrogens is 532 g/mol. The van der Waals surface area contributed by atoms with Gasteiger partial charge in [-0.2, -0.15) is 0 Å². The van der Waals surface area contributed by atoms with Crippen molar-refractivity contribution in [1.29, 1.82) is 0 Å². The summed E-state index contributed by atoms with van der Waals surface area (Å²) in [6, 6.07) is 22.2. The first-order chi connectivity index (χ1) is 19.3. The van der Waals surface area contributed by atoms with Crippen molar-refractivity contribution in [2.75, 3.05) is 12.3 Å². The number of nitrogens with one attached hydrogen (secondary N) is 2. The fourth-order valence-corrected chi connectivity index (χ4v) is 3.97. The molecule has 0 bridgehead atoms. The molecule has 0 atom stereocenters. The largest absolute Gasteiger partial charge is 0.481 e. The highest BCUT2D eigenvalue weighted by Gasteiger charge is 2.13. The molecule has 0 saturated heterocycles. The molecule has 0 radical (unpaired) electrons. The molecule has 0 aliphatic carbocycles. The summed E-state index contributed by atoms with van der Waals surface area (Å²) in [6.07, 6.45) is 1.87. The molecular formula is C30H27ClN4O5. The van der Waals surface area contributed by atoms with Crippen molar-refractivity contribution in [3.63, 3.8) is 0 Å². The minimum absolute atomic E-state index is 0.0834.